The lowest BCUT2D eigenvalue weighted by molar-refractivity contribution is -0.115. The van der Waals surface area contributed by atoms with E-state index in [9.17, 15) is 4.79 Å². The van der Waals surface area contributed by atoms with Gasteiger partial charge in [-0.25, -0.2) is 0 Å². The molecule has 0 aromatic heterocycles. The van der Waals surface area contributed by atoms with Gasteiger partial charge in [0, 0.05) is 17.0 Å². The van der Waals surface area contributed by atoms with Crippen molar-refractivity contribution in [3.63, 3.8) is 0 Å². The van der Waals surface area contributed by atoms with Crippen molar-refractivity contribution in [3.8, 4) is 11.5 Å². The molecule has 6 heteroatoms. The molecule has 1 amide bonds. The molecule has 1 aliphatic rings. The van der Waals surface area contributed by atoms with Crippen LogP contribution in [0.1, 0.15) is 11.1 Å². The molecule has 3 rings (SSSR count). The minimum absolute atomic E-state index is 0.0588. The Kier molecular flexibility index (Phi) is 4.92. The van der Waals surface area contributed by atoms with Crippen LogP contribution in [0.2, 0.25) is 5.02 Å². The Morgan fingerprint density at radius 1 is 1.21 bits per heavy atom. The number of carbonyl (C=O) groups is 1. The summed E-state index contributed by atoms with van der Waals surface area (Å²) in [7, 11) is 3.07. The molecule has 0 aliphatic carbocycles. The molecule has 0 bridgehead atoms. The minimum atomic E-state index is -0.159. The number of halogens is 1. The third kappa shape index (κ3) is 3.32. The van der Waals surface area contributed by atoms with Crippen molar-refractivity contribution in [2.24, 2.45) is 0 Å². The number of nitrogens with one attached hydrogen (secondary N) is 1. The Balaban J connectivity index is 1.79. The van der Waals surface area contributed by atoms with Gasteiger partial charge in [0.15, 0.2) is 0 Å². The molecular formula is C18H18ClNO3S. The van der Waals surface area contributed by atoms with Crippen LogP contribution in [0.4, 0.5) is 5.69 Å². The van der Waals surface area contributed by atoms with Gasteiger partial charge in [-0.2, -0.15) is 0 Å². The molecule has 1 heterocycles. The van der Waals surface area contributed by atoms with Crippen LogP contribution >= 0.6 is 23.4 Å². The fourth-order valence-electron chi connectivity index (χ4n) is 2.65. The average molecular weight is 364 g/mol. The lowest BCUT2D eigenvalue weighted by atomic mass is 10.1. The minimum Gasteiger partial charge on any atom is -0.495 e. The molecule has 0 spiro atoms. The summed E-state index contributed by atoms with van der Waals surface area (Å²) in [6.45, 7) is 2.05. The first kappa shape index (κ1) is 17.0. The molecule has 0 saturated heterocycles. The Hall–Kier alpha value is -1.85. The number of thioether (sulfide) groups is 1. The van der Waals surface area contributed by atoms with Gasteiger partial charge in [0.05, 0.1) is 30.2 Å². The van der Waals surface area contributed by atoms with Crippen molar-refractivity contribution in [3.05, 3.63) is 46.5 Å². The molecule has 24 heavy (non-hydrogen) atoms. The number of aryl methyl sites for hydroxylation is 1. The SMILES string of the molecule is COc1cc(NC(=O)[C@@H]2Cc3ccc(C)cc3S2)c(OC)cc1Cl. The van der Waals surface area contributed by atoms with Crippen molar-refractivity contribution >= 4 is 35.0 Å². The third-order valence-corrected chi connectivity index (χ3v) is 5.52. The van der Waals surface area contributed by atoms with Crippen molar-refractivity contribution in [1.29, 1.82) is 0 Å². The molecule has 2 aromatic rings. The Morgan fingerprint density at radius 3 is 2.67 bits per heavy atom. The highest BCUT2D eigenvalue weighted by atomic mass is 35.5. The molecule has 0 fully saturated rings. The van der Waals surface area contributed by atoms with Gasteiger partial charge in [-0.15, -0.1) is 11.8 Å². The second-order valence-electron chi connectivity index (χ2n) is 5.60. The smallest absolute Gasteiger partial charge is 0.238 e. The molecule has 0 unspecified atom stereocenters. The van der Waals surface area contributed by atoms with Gasteiger partial charge >= 0.3 is 0 Å². The molecule has 1 N–H and O–H groups in total. The first-order chi connectivity index (χ1) is 11.5. The van der Waals surface area contributed by atoms with Gasteiger partial charge in [-0.1, -0.05) is 29.3 Å². The van der Waals surface area contributed by atoms with E-state index in [1.807, 2.05) is 0 Å². The Labute approximate surface area is 150 Å². The molecular weight excluding hydrogens is 346 g/mol. The number of fused-ring (bicyclic) bond motifs is 1. The molecule has 126 valence electrons. The number of hydrogen-bond donors (Lipinski definition) is 1. The number of carbonyl (C=O) groups excluding carboxylic acids is 1. The predicted octanol–water partition coefficient (Wildman–Crippen LogP) is 4.32. The maximum atomic E-state index is 12.7. The van der Waals surface area contributed by atoms with E-state index in [0.29, 0.717) is 22.2 Å². The molecule has 2 aromatic carbocycles. The van der Waals surface area contributed by atoms with Crippen LogP contribution in [0, 0.1) is 6.92 Å². The fourth-order valence-corrected chi connectivity index (χ4v) is 4.18. The maximum absolute atomic E-state index is 12.7. The lowest BCUT2D eigenvalue weighted by Gasteiger charge is -2.15. The number of methoxy groups -OCH3 is 2. The second kappa shape index (κ2) is 6.95. The number of ether oxygens (including phenoxy) is 2. The number of hydrogen-bond acceptors (Lipinski definition) is 4. The summed E-state index contributed by atoms with van der Waals surface area (Å²) in [5.74, 6) is 0.938. The topological polar surface area (TPSA) is 47.6 Å². The second-order valence-corrected chi connectivity index (χ2v) is 7.25. The van der Waals surface area contributed by atoms with E-state index in [4.69, 9.17) is 21.1 Å². The average Bonchev–Trinajstić information content (AvgIpc) is 2.99. The lowest BCUT2D eigenvalue weighted by Crippen LogP contribution is -2.24. The third-order valence-electron chi connectivity index (χ3n) is 3.92. The highest BCUT2D eigenvalue weighted by molar-refractivity contribution is 8.01. The van der Waals surface area contributed by atoms with Crippen LogP contribution in [-0.4, -0.2) is 25.4 Å². The highest BCUT2D eigenvalue weighted by Crippen LogP contribution is 2.40. The van der Waals surface area contributed by atoms with Crippen molar-refractivity contribution < 1.29 is 14.3 Å². The number of rotatable bonds is 4. The van der Waals surface area contributed by atoms with Gasteiger partial charge in [-0.3, -0.25) is 4.79 Å². The standard InChI is InChI=1S/C18H18ClNO3S/c1-10-4-5-11-7-17(24-16(11)6-10)18(21)20-13-9-14(22-2)12(19)8-15(13)23-3/h4-6,8-9,17H,7H2,1-3H3,(H,20,21)/t17-/m0/s1. The predicted molar refractivity (Wildman–Crippen MR) is 97.7 cm³/mol. The van der Waals surface area contributed by atoms with Crippen LogP contribution in [-0.2, 0) is 11.2 Å². The Morgan fingerprint density at radius 2 is 1.96 bits per heavy atom. The van der Waals surface area contributed by atoms with Crippen LogP contribution in [0.25, 0.3) is 0 Å². The van der Waals surface area contributed by atoms with E-state index in [-0.39, 0.29) is 11.2 Å². The zero-order valence-corrected chi connectivity index (χ0v) is 15.3. The van der Waals surface area contributed by atoms with E-state index >= 15 is 0 Å². The first-order valence-corrected chi connectivity index (χ1v) is 8.76. The summed E-state index contributed by atoms with van der Waals surface area (Å²) in [4.78, 5) is 13.8. The highest BCUT2D eigenvalue weighted by Gasteiger charge is 2.29. The zero-order chi connectivity index (χ0) is 17.3. The number of anilines is 1. The van der Waals surface area contributed by atoms with Gasteiger partial charge in [0.1, 0.15) is 11.5 Å². The molecule has 0 saturated carbocycles. The van der Waals surface area contributed by atoms with Gasteiger partial charge in [-0.05, 0) is 25.0 Å². The summed E-state index contributed by atoms with van der Waals surface area (Å²) >= 11 is 7.69. The van der Waals surface area contributed by atoms with E-state index in [2.05, 4.69) is 30.4 Å². The fraction of sp³-hybridized carbons (Fsp3) is 0.278. The summed E-state index contributed by atoms with van der Waals surface area (Å²) in [5, 5.41) is 3.21. The van der Waals surface area contributed by atoms with Crippen LogP contribution in [0.15, 0.2) is 35.2 Å². The van der Waals surface area contributed by atoms with E-state index in [0.717, 1.165) is 6.42 Å². The molecule has 1 aliphatic heterocycles. The van der Waals surface area contributed by atoms with E-state index in [1.165, 1.54) is 30.2 Å². The zero-order valence-electron chi connectivity index (χ0n) is 13.7. The largest absolute Gasteiger partial charge is 0.495 e. The van der Waals surface area contributed by atoms with E-state index in [1.54, 1.807) is 23.9 Å². The molecule has 1 atom stereocenters. The van der Waals surface area contributed by atoms with Gasteiger partial charge in [0.2, 0.25) is 5.91 Å². The van der Waals surface area contributed by atoms with Crippen molar-refractivity contribution in [2.45, 2.75) is 23.5 Å². The summed E-state index contributed by atoms with van der Waals surface area (Å²) in [6.07, 6.45) is 0.721. The summed E-state index contributed by atoms with van der Waals surface area (Å²) in [5.41, 5.74) is 2.97. The van der Waals surface area contributed by atoms with E-state index < -0.39 is 0 Å². The quantitative estimate of drug-likeness (QED) is 0.878. The summed E-state index contributed by atoms with van der Waals surface area (Å²) < 4.78 is 10.5. The molecule has 0 radical (unpaired) electrons. The summed E-state index contributed by atoms with van der Waals surface area (Å²) in [6, 6.07) is 9.61. The van der Waals surface area contributed by atoms with Crippen molar-refractivity contribution in [2.75, 3.05) is 19.5 Å². The number of amides is 1. The first-order valence-electron chi connectivity index (χ1n) is 7.50. The maximum Gasteiger partial charge on any atom is 0.238 e. The molecule has 4 nitrogen and oxygen atoms in total. The normalized spacial score (nSPS) is 15.8. The van der Waals surface area contributed by atoms with Crippen molar-refractivity contribution in [1.82, 2.24) is 0 Å². The number of benzene rings is 2. The Bertz CT molecular complexity index is 794. The van der Waals surface area contributed by atoms with Gasteiger partial charge in [0.25, 0.3) is 0 Å². The monoisotopic (exact) mass is 363 g/mol. The van der Waals surface area contributed by atoms with Crippen LogP contribution in [0.5, 0.6) is 11.5 Å². The van der Waals surface area contributed by atoms with Gasteiger partial charge < -0.3 is 14.8 Å². The van der Waals surface area contributed by atoms with Crippen LogP contribution in [0.3, 0.4) is 0 Å². The van der Waals surface area contributed by atoms with Crippen LogP contribution < -0.4 is 14.8 Å².